The summed E-state index contributed by atoms with van der Waals surface area (Å²) in [5, 5.41) is 13.5. The van der Waals surface area contributed by atoms with E-state index >= 15 is 0 Å². The minimum atomic E-state index is -0.571. The van der Waals surface area contributed by atoms with Gasteiger partial charge in [0.1, 0.15) is 5.76 Å². The Balaban J connectivity index is 1.92. The van der Waals surface area contributed by atoms with E-state index in [4.69, 9.17) is 4.42 Å². The second-order valence-electron chi connectivity index (χ2n) is 6.10. The molecule has 1 atom stereocenters. The van der Waals surface area contributed by atoms with Crippen molar-refractivity contribution in [2.24, 2.45) is 0 Å². The number of furan rings is 1. The molecule has 0 saturated heterocycles. The molecule has 3 rings (SSSR count). The van der Waals surface area contributed by atoms with Crippen molar-refractivity contribution in [3.63, 3.8) is 0 Å². The molecule has 1 N–H and O–H groups in total. The first kappa shape index (κ1) is 18.7. The number of rotatable bonds is 6. The quantitative estimate of drug-likeness (QED) is 0.759. The molecular weight excluding hydrogens is 360 g/mol. The van der Waals surface area contributed by atoms with Crippen LogP contribution in [0, 0.1) is 11.3 Å². The lowest BCUT2D eigenvalue weighted by molar-refractivity contribution is -0.113. The number of nitrogens with zero attached hydrogens (tertiary/aromatic N) is 1. The molecule has 0 spiro atoms. The first-order valence-corrected chi connectivity index (χ1v) is 9.39. The second-order valence-corrected chi connectivity index (χ2v) is 7.09. The molecule has 1 aromatic carbocycles. The van der Waals surface area contributed by atoms with Crippen molar-refractivity contribution in [2.45, 2.75) is 19.8 Å². The second kappa shape index (κ2) is 8.11. The predicted molar refractivity (Wildman–Crippen MR) is 104 cm³/mol. The van der Waals surface area contributed by atoms with Crippen molar-refractivity contribution in [1.29, 1.82) is 5.26 Å². The van der Waals surface area contributed by atoms with E-state index in [-0.39, 0.29) is 17.3 Å². The number of hydrogen-bond acceptors (Lipinski definition) is 6. The molecule has 0 amide bonds. The fourth-order valence-corrected chi connectivity index (χ4v) is 4.06. The molecule has 0 bridgehead atoms. The molecule has 1 aromatic heterocycles. The van der Waals surface area contributed by atoms with Crippen LogP contribution in [0.4, 0.5) is 0 Å². The van der Waals surface area contributed by atoms with Gasteiger partial charge in [-0.05, 0) is 26.0 Å². The van der Waals surface area contributed by atoms with Crippen molar-refractivity contribution < 1.29 is 14.0 Å². The van der Waals surface area contributed by atoms with Gasteiger partial charge in [-0.25, -0.2) is 0 Å². The molecule has 0 saturated carbocycles. The molecule has 2 heterocycles. The highest BCUT2D eigenvalue weighted by Crippen LogP contribution is 2.40. The number of allylic oxidation sites excluding steroid dienone is 3. The maximum absolute atomic E-state index is 12.4. The molecule has 0 unspecified atom stereocenters. The van der Waals surface area contributed by atoms with E-state index in [0.29, 0.717) is 33.2 Å². The highest BCUT2D eigenvalue weighted by molar-refractivity contribution is 8.03. The van der Waals surface area contributed by atoms with Crippen LogP contribution < -0.4 is 5.32 Å². The molecule has 0 fully saturated rings. The van der Waals surface area contributed by atoms with Crippen molar-refractivity contribution in [3.8, 4) is 6.07 Å². The normalized spacial score (nSPS) is 16.7. The van der Waals surface area contributed by atoms with Crippen LogP contribution in [0.15, 0.2) is 75.0 Å². The Morgan fingerprint density at radius 3 is 2.56 bits per heavy atom. The third-order valence-electron chi connectivity index (χ3n) is 4.30. The molecule has 136 valence electrons. The minimum Gasteiger partial charge on any atom is -0.468 e. The van der Waals surface area contributed by atoms with Gasteiger partial charge in [0.05, 0.1) is 34.6 Å². The van der Waals surface area contributed by atoms with Crippen LogP contribution in [0.2, 0.25) is 0 Å². The van der Waals surface area contributed by atoms with Crippen molar-refractivity contribution in [2.75, 3.05) is 5.75 Å². The Bertz CT molecular complexity index is 967. The molecule has 2 aromatic rings. The fourth-order valence-electron chi connectivity index (χ4n) is 3.08. The molecule has 1 aliphatic rings. The Labute approximate surface area is 161 Å². The molecular formula is C21H18N2O3S. The number of carbonyl (C=O) groups excluding carboxylic acids is 2. The summed E-state index contributed by atoms with van der Waals surface area (Å²) in [4.78, 5) is 24.6. The summed E-state index contributed by atoms with van der Waals surface area (Å²) >= 11 is 1.26. The van der Waals surface area contributed by atoms with E-state index in [9.17, 15) is 14.9 Å². The van der Waals surface area contributed by atoms with Crippen LogP contribution >= 0.6 is 11.8 Å². The van der Waals surface area contributed by atoms with Gasteiger partial charge in [0, 0.05) is 16.8 Å². The van der Waals surface area contributed by atoms with E-state index in [1.807, 2.05) is 18.2 Å². The van der Waals surface area contributed by atoms with E-state index in [2.05, 4.69) is 11.4 Å². The standard InChI is InChI=1S/C21H18N2O3S/c1-13-19(14(2)24)20(18-9-6-10-26-18)16(11-22)21(23-13)27-12-17(25)15-7-4-3-5-8-15/h3-10,20,23H,12H2,1-2H3/t20-/m1/s1. The molecule has 0 aliphatic carbocycles. The van der Waals surface area contributed by atoms with Crippen LogP contribution in [0.3, 0.4) is 0 Å². The average molecular weight is 378 g/mol. The molecule has 6 heteroatoms. The number of hydrogen-bond donors (Lipinski definition) is 1. The van der Waals surface area contributed by atoms with Gasteiger partial charge in [0.2, 0.25) is 0 Å². The van der Waals surface area contributed by atoms with E-state index in [1.165, 1.54) is 24.9 Å². The zero-order valence-corrected chi connectivity index (χ0v) is 15.8. The van der Waals surface area contributed by atoms with Crippen molar-refractivity contribution >= 4 is 23.3 Å². The lowest BCUT2D eigenvalue weighted by Crippen LogP contribution is -2.27. The SMILES string of the molecule is CC(=O)C1=C(C)NC(SCC(=O)c2ccccc2)=C(C#N)[C@@H]1c1ccco1. The van der Waals surface area contributed by atoms with Crippen LogP contribution in [0.25, 0.3) is 0 Å². The highest BCUT2D eigenvalue weighted by Gasteiger charge is 2.34. The zero-order chi connectivity index (χ0) is 19.4. The molecule has 5 nitrogen and oxygen atoms in total. The number of carbonyl (C=O) groups is 2. The van der Waals surface area contributed by atoms with E-state index in [1.54, 1.807) is 31.2 Å². The average Bonchev–Trinajstić information content (AvgIpc) is 3.20. The Morgan fingerprint density at radius 1 is 1.22 bits per heavy atom. The molecule has 0 radical (unpaired) electrons. The van der Waals surface area contributed by atoms with Crippen molar-refractivity contribution in [3.05, 3.63) is 81.9 Å². The summed E-state index contributed by atoms with van der Waals surface area (Å²) in [5.41, 5.74) is 2.17. The third kappa shape index (κ3) is 3.88. The van der Waals surface area contributed by atoms with Gasteiger partial charge in [0.25, 0.3) is 0 Å². The Kier molecular flexibility index (Phi) is 5.63. The smallest absolute Gasteiger partial charge is 0.173 e. The maximum Gasteiger partial charge on any atom is 0.173 e. The summed E-state index contributed by atoms with van der Waals surface area (Å²) in [7, 11) is 0. The van der Waals surface area contributed by atoms with Gasteiger partial charge < -0.3 is 9.73 Å². The lowest BCUT2D eigenvalue weighted by Gasteiger charge is -2.27. The Hall–Kier alpha value is -3.04. The first-order valence-electron chi connectivity index (χ1n) is 8.40. The van der Waals surface area contributed by atoms with Gasteiger partial charge >= 0.3 is 0 Å². The Morgan fingerprint density at radius 2 is 1.96 bits per heavy atom. The summed E-state index contributed by atoms with van der Waals surface area (Å²) < 4.78 is 5.50. The van der Waals surface area contributed by atoms with Gasteiger partial charge in [-0.2, -0.15) is 5.26 Å². The molecule has 1 aliphatic heterocycles. The minimum absolute atomic E-state index is 0.0271. The van der Waals surface area contributed by atoms with Crippen LogP contribution in [0.5, 0.6) is 0 Å². The highest BCUT2D eigenvalue weighted by atomic mass is 32.2. The lowest BCUT2D eigenvalue weighted by atomic mass is 9.84. The van der Waals surface area contributed by atoms with Gasteiger partial charge in [-0.1, -0.05) is 42.1 Å². The number of nitrogens with one attached hydrogen (secondary N) is 1. The summed E-state index contributed by atoms with van der Waals surface area (Å²) in [6.45, 7) is 3.27. The first-order chi connectivity index (χ1) is 13.0. The van der Waals surface area contributed by atoms with Crippen LogP contribution in [-0.2, 0) is 4.79 Å². The third-order valence-corrected chi connectivity index (χ3v) is 5.32. The molecule has 27 heavy (non-hydrogen) atoms. The largest absolute Gasteiger partial charge is 0.468 e. The number of dihydropyridines is 1. The fraction of sp³-hybridized carbons (Fsp3) is 0.190. The van der Waals surface area contributed by atoms with E-state index in [0.717, 1.165) is 0 Å². The topological polar surface area (TPSA) is 83.1 Å². The summed E-state index contributed by atoms with van der Waals surface area (Å²) in [6.07, 6.45) is 1.52. The summed E-state index contributed by atoms with van der Waals surface area (Å²) in [6, 6.07) is 14.7. The summed E-state index contributed by atoms with van der Waals surface area (Å²) in [5.74, 6) is -0.00656. The predicted octanol–water partition coefficient (Wildman–Crippen LogP) is 4.18. The van der Waals surface area contributed by atoms with Crippen LogP contribution in [0.1, 0.15) is 35.9 Å². The number of nitriles is 1. The zero-order valence-electron chi connectivity index (χ0n) is 15.0. The van der Waals surface area contributed by atoms with Crippen LogP contribution in [-0.4, -0.2) is 17.3 Å². The van der Waals surface area contributed by atoms with Gasteiger partial charge in [-0.3, -0.25) is 9.59 Å². The number of benzene rings is 1. The maximum atomic E-state index is 12.4. The van der Waals surface area contributed by atoms with E-state index < -0.39 is 5.92 Å². The van der Waals surface area contributed by atoms with Gasteiger partial charge in [0.15, 0.2) is 11.6 Å². The van der Waals surface area contributed by atoms with Crippen molar-refractivity contribution in [1.82, 2.24) is 5.32 Å². The van der Waals surface area contributed by atoms with Gasteiger partial charge in [-0.15, -0.1) is 0 Å². The number of Topliss-reactive ketones (excluding diaryl/α,β-unsaturated/α-hetero) is 2. The number of thioether (sulfide) groups is 1. The number of ketones is 2. The monoisotopic (exact) mass is 378 g/mol.